The van der Waals surface area contributed by atoms with Crippen LogP contribution in [0, 0.1) is 12.7 Å². The van der Waals surface area contributed by atoms with Crippen molar-refractivity contribution in [2.45, 2.75) is 32.2 Å². The van der Waals surface area contributed by atoms with Gasteiger partial charge >= 0.3 is 0 Å². The van der Waals surface area contributed by atoms with E-state index in [0.717, 1.165) is 18.4 Å². The number of aromatic nitrogens is 3. The number of likely N-dealkylation sites (tertiary alicyclic amines) is 1. The second kappa shape index (κ2) is 7.98. The van der Waals surface area contributed by atoms with Crippen molar-refractivity contribution in [3.63, 3.8) is 0 Å². The summed E-state index contributed by atoms with van der Waals surface area (Å²) in [4.78, 5) is 37.6. The van der Waals surface area contributed by atoms with Crippen LogP contribution in [0.4, 0.5) is 4.39 Å². The van der Waals surface area contributed by atoms with Gasteiger partial charge in [-0.1, -0.05) is 12.1 Å². The Morgan fingerprint density at radius 2 is 2.06 bits per heavy atom. The number of hydrogen-bond acceptors (Lipinski definition) is 6. The van der Waals surface area contributed by atoms with Gasteiger partial charge in [-0.2, -0.15) is 0 Å². The van der Waals surface area contributed by atoms with Crippen LogP contribution in [0.1, 0.15) is 51.3 Å². The van der Waals surface area contributed by atoms with Gasteiger partial charge in [-0.25, -0.2) is 14.4 Å². The lowest BCUT2D eigenvalue weighted by Crippen LogP contribution is -2.30. The molecule has 32 heavy (non-hydrogen) atoms. The molecule has 1 unspecified atom stereocenters. The maximum absolute atomic E-state index is 13.4. The Morgan fingerprint density at radius 1 is 1.28 bits per heavy atom. The number of carbonyl (C=O) groups is 1. The van der Waals surface area contributed by atoms with Gasteiger partial charge in [0.05, 0.1) is 22.8 Å². The third-order valence-corrected chi connectivity index (χ3v) is 7.05. The highest BCUT2D eigenvalue weighted by Crippen LogP contribution is 2.36. The number of oxazole rings is 1. The van der Waals surface area contributed by atoms with E-state index in [1.807, 2.05) is 0 Å². The van der Waals surface area contributed by atoms with Crippen LogP contribution in [-0.2, 0) is 13.5 Å². The first kappa shape index (κ1) is 20.6. The van der Waals surface area contributed by atoms with Crippen molar-refractivity contribution in [3.05, 3.63) is 80.6 Å². The quantitative estimate of drug-likeness (QED) is 0.468. The van der Waals surface area contributed by atoms with Gasteiger partial charge in [-0.05, 0) is 43.0 Å². The largest absolute Gasteiger partial charge is 0.443 e. The summed E-state index contributed by atoms with van der Waals surface area (Å²) in [5, 5.41) is 0.497. The van der Waals surface area contributed by atoms with Gasteiger partial charge in [-0.3, -0.25) is 9.59 Å². The van der Waals surface area contributed by atoms with Gasteiger partial charge in [-0.15, -0.1) is 11.3 Å². The average molecular weight is 453 g/mol. The molecule has 1 fully saturated rings. The molecule has 1 aromatic carbocycles. The van der Waals surface area contributed by atoms with Crippen molar-refractivity contribution in [3.8, 4) is 0 Å². The molecule has 1 saturated heterocycles. The molecule has 1 aliphatic rings. The molecule has 164 valence electrons. The van der Waals surface area contributed by atoms with E-state index in [9.17, 15) is 14.0 Å². The maximum Gasteiger partial charge on any atom is 0.264 e. The third-order valence-electron chi connectivity index (χ3n) is 5.87. The van der Waals surface area contributed by atoms with E-state index in [0.29, 0.717) is 45.3 Å². The molecule has 0 radical (unpaired) electrons. The van der Waals surface area contributed by atoms with E-state index in [1.165, 1.54) is 34.4 Å². The van der Waals surface area contributed by atoms with Crippen LogP contribution in [0.15, 0.2) is 46.0 Å². The number of hydrogen-bond donors (Lipinski definition) is 0. The molecule has 0 bridgehead atoms. The Bertz CT molecular complexity index is 1370. The second-order valence-corrected chi connectivity index (χ2v) is 9.02. The number of amides is 1. The molecule has 1 atom stereocenters. The van der Waals surface area contributed by atoms with E-state index in [1.54, 1.807) is 37.2 Å². The summed E-state index contributed by atoms with van der Waals surface area (Å²) >= 11 is 1.25. The number of fused-ring (bicyclic) bond motifs is 1. The van der Waals surface area contributed by atoms with E-state index in [4.69, 9.17) is 4.42 Å². The smallest absolute Gasteiger partial charge is 0.264 e. The Hall–Kier alpha value is -3.33. The van der Waals surface area contributed by atoms with Crippen LogP contribution in [-0.4, -0.2) is 31.9 Å². The number of thiophene rings is 1. The van der Waals surface area contributed by atoms with Crippen LogP contribution in [0.2, 0.25) is 0 Å². The molecule has 7 nitrogen and oxygen atoms in total. The molecule has 1 aliphatic heterocycles. The molecular weight excluding hydrogens is 431 g/mol. The highest BCUT2D eigenvalue weighted by molar-refractivity contribution is 7.20. The van der Waals surface area contributed by atoms with Gasteiger partial charge < -0.3 is 13.9 Å². The highest BCUT2D eigenvalue weighted by atomic mass is 32.1. The maximum atomic E-state index is 13.4. The fourth-order valence-corrected chi connectivity index (χ4v) is 5.27. The van der Waals surface area contributed by atoms with Gasteiger partial charge in [0.2, 0.25) is 5.89 Å². The predicted octanol–water partition coefficient (Wildman–Crippen LogP) is 4.00. The first-order chi connectivity index (χ1) is 15.4. The van der Waals surface area contributed by atoms with Crippen LogP contribution in [0.5, 0.6) is 0 Å². The van der Waals surface area contributed by atoms with Crippen LogP contribution in [0.3, 0.4) is 0 Å². The normalized spacial score (nSPS) is 16.2. The van der Waals surface area contributed by atoms with E-state index in [2.05, 4.69) is 9.97 Å². The van der Waals surface area contributed by atoms with Crippen molar-refractivity contribution in [1.29, 1.82) is 0 Å². The number of carbonyl (C=O) groups excluding carboxylic acids is 1. The molecule has 5 rings (SSSR count). The van der Waals surface area contributed by atoms with Crippen molar-refractivity contribution >= 4 is 27.5 Å². The summed E-state index contributed by atoms with van der Waals surface area (Å²) in [5.74, 6) is 0.752. The third kappa shape index (κ3) is 3.52. The van der Waals surface area contributed by atoms with Crippen molar-refractivity contribution in [1.82, 2.24) is 19.4 Å². The van der Waals surface area contributed by atoms with Crippen molar-refractivity contribution < 1.29 is 13.6 Å². The fourth-order valence-electron chi connectivity index (χ4n) is 4.17. The monoisotopic (exact) mass is 452 g/mol. The molecule has 1 amide bonds. The van der Waals surface area contributed by atoms with Crippen LogP contribution >= 0.6 is 11.3 Å². The molecule has 0 N–H and O–H groups in total. The molecular formula is C23H21FN4O3S. The summed E-state index contributed by atoms with van der Waals surface area (Å²) in [6.07, 6.45) is 5.24. The minimum Gasteiger partial charge on any atom is -0.443 e. The standard InChI is InChI=1S/C23H21FN4O3S/c1-13-18-21(26-12-27(2)22(18)29)32-19(13)23(30)28-9-3-4-17(28)20-25-11-16(31-20)10-14-5-7-15(24)8-6-14/h5-8,11-12,17H,3-4,9-10H2,1-2H3. The predicted molar refractivity (Wildman–Crippen MR) is 118 cm³/mol. The molecule has 0 saturated carbocycles. The zero-order valence-corrected chi connectivity index (χ0v) is 18.5. The van der Waals surface area contributed by atoms with E-state index >= 15 is 0 Å². The Kier molecular flexibility index (Phi) is 5.13. The number of aryl methyl sites for hydroxylation is 2. The lowest BCUT2D eigenvalue weighted by molar-refractivity contribution is 0.0719. The molecule has 3 aromatic heterocycles. The molecule has 4 heterocycles. The van der Waals surface area contributed by atoms with Gasteiger partial charge in [0, 0.05) is 20.0 Å². The van der Waals surface area contributed by atoms with Gasteiger partial charge in [0.15, 0.2) is 0 Å². The molecule has 9 heteroatoms. The number of rotatable bonds is 4. The van der Waals surface area contributed by atoms with E-state index < -0.39 is 0 Å². The molecule has 0 aliphatic carbocycles. The Labute approximate surface area is 187 Å². The molecule has 0 spiro atoms. The van der Waals surface area contributed by atoms with Crippen LogP contribution < -0.4 is 5.56 Å². The van der Waals surface area contributed by atoms with Gasteiger partial charge in [0.25, 0.3) is 11.5 Å². The van der Waals surface area contributed by atoms with Gasteiger partial charge in [0.1, 0.15) is 22.4 Å². The zero-order chi connectivity index (χ0) is 22.4. The first-order valence-corrected chi connectivity index (χ1v) is 11.2. The van der Waals surface area contributed by atoms with Crippen molar-refractivity contribution in [2.24, 2.45) is 7.05 Å². The topological polar surface area (TPSA) is 81.2 Å². The minimum absolute atomic E-state index is 0.131. The summed E-state index contributed by atoms with van der Waals surface area (Å²) in [5.41, 5.74) is 1.43. The fraction of sp³-hybridized carbons (Fsp3) is 0.304. The zero-order valence-electron chi connectivity index (χ0n) is 17.7. The lowest BCUT2D eigenvalue weighted by Gasteiger charge is -2.22. The summed E-state index contributed by atoms with van der Waals surface area (Å²) in [6.45, 7) is 2.39. The second-order valence-electron chi connectivity index (χ2n) is 8.02. The number of nitrogens with zero attached hydrogens (tertiary/aromatic N) is 4. The van der Waals surface area contributed by atoms with E-state index in [-0.39, 0.29) is 23.3 Å². The number of benzene rings is 1. The SMILES string of the molecule is Cc1c(C(=O)N2CCCC2c2ncc(Cc3ccc(F)cc3)o2)sc2ncn(C)c(=O)c12. The highest BCUT2D eigenvalue weighted by Gasteiger charge is 2.35. The Morgan fingerprint density at radius 3 is 2.84 bits per heavy atom. The number of halogens is 1. The lowest BCUT2D eigenvalue weighted by atomic mass is 10.1. The summed E-state index contributed by atoms with van der Waals surface area (Å²) < 4.78 is 20.5. The summed E-state index contributed by atoms with van der Waals surface area (Å²) in [6, 6.07) is 6.00. The summed E-state index contributed by atoms with van der Waals surface area (Å²) in [7, 11) is 1.65. The molecule has 4 aromatic rings. The Balaban J connectivity index is 1.41. The minimum atomic E-state index is -0.281. The van der Waals surface area contributed by atoms with Crippen LogP contribution in [0.25, 0.3) is 10.2 Å². The van der Waals surface area contributed by atoms with Crippen molar-refractivity contribution in [2.75, 3.05) is 6.54 Å². The average Bonchev–Trinajstić information content (AvgIpc) is 3.51. The first-order valence-electron chi connectivity index (χ1n) is 10.4.